The Morgan fingerprint density at radius 3 is 2.56 bits per heavy atom. The predicted molar refractivity (Wildman–Crippen MR) is 100 cm³/mol. The van der Waals surface area contributed by atoms with Crippen LogP contribution in [0.25, 0.3) is 0 Å². The summed E-state index contributed by atoms with van der Waals surface area (Å²) in [7, 11) is 0. The van der Waals surface area contributed by atoms with Crippen LogP contribution in [0.4, 0.5) is 5.69 Å². The van der Waals surface area contributed by atoms with Crippen LogP contribution in [0.2, 0.25) is 5.02 Å². The Balaban J connectivity index is 1.69. The molecule has 5 heteroatoms. The van der Waals surface area contributed by atoms with Gasteiger partial charge in [-0.1, -0.05) is 23.7 Å². The molecule has 1 aliphatic rings. The molecule has 0 amide bonds. The predicted octanol–water partition coefficient (Wildman–Crippen LogP) is 3.74. The summed E-state index contributed by atoms with van der Waals surface area (Å²) < 4.78 is 0. The smallest absolute Gasteiger partial charge is 0.159 e. The first-order valence-electron chi connectivity index (χ1n) is 8.33. The van der Waals surface area contributed by atoms with E-state index in [-0.39, 0.29) is 5.78 Å². The summed E-state index contributed by atoms with van der Waals surface area (Å²) >= 11 is 6.05. The van der Waals surface area contributed by atoms with Gasteiger partial charge in [0.25, 0.3) is 0 Å². The molecule has 0 aromatic heterocycles. The van der Waals surface area contributed by atoms with E-state index >= 15 is 0 Å². The Bertz CT molecular complexity index is 820. The Morgan fingerprint density at radius 1 is 1.16 bits per heavy atom. The van der Waals surface area contributed by atoms with Crippen LogP contribution in [0, 0.1) is 11.3 Å². The molecule has 2 aromatic carbocycles. The van der Waals surface area contributed by atoms with Crippen LogP contribution in [0.5, 0.6) is 0 Å². The number of ketones is 1. The number of piperazine rings is 1. The topological polar surface area (TPSA) is 47.3 Å². The number of Topliss-reactive ketones (excluding diaryl/α,β-unsaturated/α-hetero) is 1. The van der Waals surface area contributed by atoms with Gasteiger partial charge < -0.3 is 4.90 Å². The lowest BCUT2D eigenvalue weighted by Gasteiger charge is -2.36. The highest BCUT2D eigenvalue weighted by Crippen LogP contribution is 2.24. The average molecular weight is 354 g/mol. The summed E-state index contributed by atoms with van der Waals surface area (Å²) in [5.41, 5.74) is 3.33. The first-order chi connectivity index (χ1) is 12.1. The van der Waals surface area contributed by atoms with E-state index in [1.54, 1.807) is 19.1 Å². The Morgan fingerprint density at radius 2 is 1.92 bits per heavy atom. The van der Waals surface area contributed by atoms with Gasteiger partial charge in [0.2, 0.25) is 0 Å². The van der Waals surface area contributed by atoms with Gasteiger partial charge in [-0.25, -0.2) is 0 Å². The van der Waals surface area contributed by atoms with Gasteiger partial charge in [-0.05, 0) is 42.8 Å². The van der Waals surface area contributed by atoms with Crippen molar-refractivity contribution in [3.63, 3.8) is 0 Å². The normalized spacial score (nSPS) is 15.0. The number of carbonyl (C=O) groups is 1. The summed E-state index contributed by atoms with van der Waals surface area (Å²) in [6, 6.07) is 15.5. The maximum atomic E-state index is 11.6. The average Bonchev–Trinajstić information content (AvgIpc) is 2.62. The van der Waals surface area contributed by atoms with Crippen LogP contribution in [-0.4, -0.2) is 36.9 Å². The van der Waals surface area contributed by atoms with E-state index in [2.05, 4.69) is 21.9 Å². The number of carbonyl (C=O) groups excluding carboxylic acids is 1. The maximum absolute atomic E-state index is 11.6. The molecule has 1 aliphatic heterocycles. The van der Waals surface area contributed by atoms with E-state index in [1.807, 2.05) is 24.3 Å². The largest absolute Gasteiger partial charge is 0.368 e. The molecule has 1 fully saturated rings. The standard InChI is InChI=1S/C20H20ClN3O/c1-15(25)17-5-6-18(13-22)20(12-17)24-9-7-23(8-10-24)14-16-3-2-4-19(21)11-16/h2-6,11-12H,7-10,14H2,1H3. The van der Waals surface area contributed by atoms with Gasteiger partial charge in [0.1, 0.15) is 6.07 Å². The fraction of sp³-hybridized carbons (Fsp3) is 0.300. The number of rotatable bonds is 4. The highest BCUT2D eigenvalue weighted by atomic mass is 35.5. The molecule has 2 aromatic rings. The van der Waals surface area contributed by atoms with Gasteiger partial charge in [-0.2, -0.15) is 5.26 Å². The van der Waals surface area contributed by atoms with E-state index in [4.69, 9.17) is 11.6 Å². The molecule has 0 radical (unpaired) electrons. The summed E-state index contributed by atoms with van der Waals surface area (Å²) in [5, 5.41) is 10.1. The molecule has 0 aliphatic carbocycles. The van der Waals surface area contributed by atoms with E-state index in [0.717, 1.165) is 43.4 Å². The first kappa shape index (κ1) is 17.5. The zero-order valence-electron chi connectivity index (χ0n) is 14.2. The van der Waals surface area contributed by atoms with E-state index in [0.29, 0.717) is 11.1 Å². The molecule has 0 atom stereocenters. The number of hydrogen-bond donors (Lipinski definition) is 0. The number of nitrogens with zero attached hydrogens (tertiary/aromatic N) is 3. The summed E-state index contributed by atoms with van der Waals surface area (Å²) in [6.45, 7) is 5.89. The summed E-state index contributed by atoms with van der Waals surface area (Å²) in [5.74, 6) is 0.0188. The van der Waals surface area contributed by atoms with Gasteiger partial charge in [0.15, 0.2) is 5.78 Å². The van der Waals surface area contributed by atoms with Crippen molar-refractivity contribution >= 4 is 23.1 Å². The highest BCUT2D eigenvalue weighted by Gasteiger charge is 2.20. The molecule has 1 heterocycles. The van der Waals surface area contributed by atoms with Crippen molar-refractivity contribution in [3.05, 3.63) is 64.2 Å². The van der Waals surface area contributed by atoms with E-state index in [9.17, 15) is 10.1 Å². The quantitative estimate of drug-likeness (QED) is 0.786. The summed E-state index contributed by atoms with van der Waals surface area (Å²) in [6.07, 6.45) is 0. The van der Waals surface area contributed by atoms with Crippen molar-refractivity contribution in [2.24, 2.45) is 0 Å². The monoisotopic (exact) mass is 353 g/mol. The molecule has 128 valence electrons. The van der Waals surface area contributed by atoms with Gasteiger partial charge in [-0.3, -0.25) is 9.69 Å². The second kappa shape index (κ2) is 7.69. The first-order valence-corrected chi connectivity index (χ1v) is 8.71. The van der Waals surface area contributed by atoms with Crippen LogP contribution < -0.4 is 4.90 Å². The molecule has 1 saturated heterocycles. The third-order valence-electron chi connectivity index (χ3n) is 4.53. The molecular formula is C20H20ClN3O. The lowest BCUT2D eigenvalue weighted by atomic mass is 10.1. The minimum atomic E-state index is 0.0188. The van der Waals surface area contributed by atoms with Crippen molar-refractivity contribution < 1.29 is 4.79 Å². The minimum Gasteiger partial charge on any atom is -0.368 e. The van der Waals surface area contributed by atoms with Crippen LogP contribution in [0.15, 0.2) is 42.5 Å². The third-order valence-corrected chi connectivity index (χ3v) is 4.77. The second-order valence-electron chi connectivity index (χ2n) is 6.29. The second-order valence-corrected chi connectivity index (χ2v) is 6.73. The summed E-state index contributed by atoms with van der Waals surface area (Å²) in [4.78, 5) is 16.2. The van der Waals surface area contributed by atoms with Crippen molar-refractivity contribution in [1.29, 1.82) is 5.26 Å². The maximum Gasteiger partial charge on any atom is 0.159 e. The number of halogens is 1. The van der Waals surface area contributed by atoms with Crippen molar-refractivity contribution in [2.45, 2.75) is 13.5 Å². The van der Waals surface area contributed by atoms with Gasteiger partial charge in [-0.15, -0.1) is 0 Å². The lowest BCUT2D eigenvalue weighted by Crippen LogP contribution is -2.46. The molecule has 0 saturated carbocycles. The van der Waals surface area contributed by atoms with Crippen LogP contribution in [0.3, 0.4) is 0 Å². The zero-order chi connectivity index (χ0) is 17.8. The number of benzene rings is 2. The fourth-order valence-electron chi connectivity index (χ4n) is 3.15. The van der Waals surface area contributed by atoms with Gasteiger partial charge in [0.05, 0.1) is 11.3 Å². The SMILES string of the molecule is CC(=O)c1ccc(C#N)c(N2CCN(Cc3cccc(Cl)c3)CC2)c1. The Labute approximate surface area is 153 Å². The molecule has 4 nitrogen and oxygen atoms in total. The molecule has 25 heavy (non-hydrogen) atoms. The Hall–Kier alpha value is -2.35. The van der Waals surface area contributed by atoms with Gasteiger partial charge in [0, 0.05) is 43.3 Å². The molecular weight excluding hydrogens is 334 g/mol. The molecule has 3 rings (SSSR count). The number of nitriles is 1. The van der Waals surface area contributed by atoms with Crippen molar-refractivity contribution in [2.75, 3.05) is 31.1 Å². The zero-order valence-corrected chi connectivity index (χ0v) is 15.0. The molecule has 0 unspecified atom stereocenters. The minimum absolute atomic E-state index is 0.0188. The fourth-order valence-corrected chi connectivity index (χ4v) is 3.36. The van der Waals surface area contributed by atoms with Crippen LogP contribution in [-0.2, 0) is 6.54 Å². The van der Waals surface area contributed by atoms with Crippen molar-refractivity contribution in [3.8, 4) is 6.07 Å². The van der Waals surface area contributed by atoms with Gasteiger partial charge >= 0.3 is 0 Å². The lowest BCUT2D eigenvalue weighted by molar-refractivity contribution is 0.101. The molecule has 0 N–H and O–H groups in total. The number of hydrogen-bond acceptors (Lipinski definition) is 4. The van der Waals surface area contributed by atoms with E-state index < -0.39 is 0 Å². The third kappa shape index (κ3) is 4.19. The van der Waals surface area contributed by atoms with Crippen molar-refractivity contribution in [1.82, 2.24) is 4.90 Å². The highest BCUT2D eigenvalue weighted by molar-refractivity contribution is 6.30. The Kier molecular flexibility index (Phi) is 5.37. The van der Waals surface area contributed by atoms with Crippen LogP contribution in [0.1, 0.15) is 28.4 Å². The van der Waals surface area contributed by atoms with Crippen LogP contribution >= 0.6 is 11.6 Å². The van der Waals surface area contributed by atoms with E-state index in [1.165, 1.54) is 5.56 Å². The molecule has 0 bridgehead atoms. The molecule has 0 spiro atoms. The number of anilines is 1.